The molecule has 1 aliphatic rings. The van der Waals surface area contributed by atoms with Crippen molar-refractivity contribution in [3.05, 3.63) is 64.0 Å². The van der Waals surface area contributed by atoms with Crippen LogP contribution in [0.2, 0.25) is 0 Å². The van der Waals surface area contributed by atoms with E-state index in [0.717, 1.165) is 17.1 Å². The number of fused-ring (bicyclic) bond motifs is 1. The minimum absolute atomic E-state index is 0.0280. The molecule has 0 aliphatic carbocycles. The van der Waals surface area contributed by atoms with Gasteiger partial charge in [-0.05, 0) is 37.5 Å². The second-order valence-corrected chi connectivity index (χ2v) is 8.48. The summed E-state index contributed by atoms with van der Waals surface area (Å²) in [4.78, 5) is 18.2. The zero-order valence-corrected chi connectivity index (χ0v) is 15.4. The van der Waals surface area contributed by atoms with E-state index in [0.29, 0.717) is 30.8 Å². The smallest absolute Gasteiger partial charge is 0.270 e. The van der Waals surface area contributed by atoms with Crippen LogP contribution in [0.3, 0.4) is 0 Å². The Labute approximate surface area is 156 Å². The monoisotopic (exact) mass is 386 g/mol. The average Bonchev–Trinajstić information content (AvgIpc) is 3.28. The molecule has 2 heterocycles. The molecule has 1 atom stereocenters. The lowest BCUT2D eigenvalue weighted by molar-refractivity contribution is -0.385. The van der Waals surface area contributed by atoms with Gasteiger partial charge in [0.15, 0.2) is 0 Å². The van der Waals surface area contributed by atoms with Crippen molar-refractivity contribution < 1.29 is 13.3 Å². The molecule has 0 spiro atoms. The Morgan fingerprint density at radius 2 is 2.04 bits per heavy atom. The maximum Gasteiger partial charge on any atom is 0.270 e. The third-order valence-electron chi connectivity index (χ3n) is 4.90. The molecule has 3 aromatic rings. The van der Waals surface area contributed by atoms with E-state index >= 15 is 0 Å². The number of nitrogens with one attached hydrogen (secondary N) is 1. The fourth-order valence-corrected chi connectivity index (χ4v) is 5.45. The van der Waals surface area contributed by atoms with E-state index in [-0.39, 0.29) is 10.6 Å². The molecule has 1 aromatic heterocycles. The van der Waals surface area contributed by atoms with Gasteiger partial charge in [0, 0.05) is 18.7 Å². The summed E-state index contributed by atoms with van der Waals surface area (Å²) >= 11 is 0. The van der Waals surface area contributed by atoms with E-state index < -0.39 is 21.0 Å². The maximum absolute atomic E-state index is 13.3. The fourth-order valence-electron chi connectivity index (χ4n) is 3.54. The zero-order chi connectivity index (χ0) is 19.2. The summed E-state index contributed by atoms with van der Waals surface area (Å²) in [7, 11) is -3.89. The summed E-state index contributed by atoms with van der Waals surface area (Å²) in [6, 6.07) is 11.0. The molecule has 1 aliphatic heterocycles. The number of aromatic amines is 1. The lowest BCUT2D eigenvalue weighted by Crippen LogP contribution is -2.31. The summed E-state index contributed by atoms with van der Waals surface area (Å²) in [5, 5.41) is 11.1. The lowest BCUT2D eigenvalue weighted by atomic mass is 10.2. The molecule has 0 saturated carbocycles. The number of aromatic nitrogens is 2. The molecule has 140 valence electrons. The van der Waals surface area contributed by atoms with E-state index in [4.69, 9.17) is 0 Å². The minimum atomic E-state index is -3.89. The largest absolute Gasteiger partial charge is 0.341 e. The molecular weight excluding hydrogens is 368 g/mol. The van der Waals surface area contributed by atoms with Crippen molar-refractivity contribution in [1.29, 1.82) is 0 Å². The first-order valence-corrected chi connectivity index (χ1v) is 10.0. The first-order valence-electron chi connectivity index (χ1n) is 8.59. The summed E-state index contributed by atoms with van der Waals surface area (Å²) in [6.07, 6.45) is 1.35. The molecule has 1 fully saturated rings. The van der Waals surface area contributed by atoms with Gasteiger partial charge < -0.3 is 4.98 Å². The second-order valence-electron chi connectivity index (χ2n) is 6.62. The lowest BCUT2D eigenvalue weighted by Gasteiger charge is -2.23. The van der Waals surface area contributed by atoms with Crippen LogP contribution in [-0.4, -0.2) is 34.2 Å². The summed E-state index contributed by atoms with van der Waals surface area (Å²) in [5.41, 5.74) is 1.88. The zero-order valence-electron chi connectivity index (χ0n) is 14.6. The van der Waals surface area contributed by atoms with E-state index in [2.05, 4.69) is 9.97 Å². The van der Waals surface area contributed by atoms with E-state index in [1.807, 2.05) is 24.3 Å². The van der Waals surface area contributed by atoms with Gasteiger partial charge in [-0.3, -0.25) is 10.1 Å². The van der Waals surface area contributed by atoms with Crippen LogP contribution in [0.15, 0.2) is 47.4 Å². The Morgan fingerprint density at radius 1 is 1.26 bits per heavy atom. The number of para-hydroxylation sites is 2. The van der Waals surface area contributed by atoms with Crippen LogP contribution in [0.5, 0.6) is 0 Å². The predicted octanol–water partition coefficient (Wildman–Crippen LogP) is 3.31. The Morgan fingerprint density at radius 3 is 2.78 bits per heavy atom. The highest BCUT2D eigenvalue weighted by Gasteiger charge is 2.39. The number of nitro benzene ring substituents is 1. The van der Waals surface area contributed by atoms with Gasteiger partial charge >= 0.3 is 0 Å². The molecule has 0 unspecified atom stereocenters. The highest BCUT2D eigenvalue weighted by Crippen LogP contribution is 2.37. The van der Waals surface area contributed by atoms with Gasteiger partial charge in [-0.2, -0.15) is 4.31 Å². The average molecular weight is 386 g/mol. The number of nitrogens with zero attached hydrogens (tertiary/aromatic N) is 3. The molecule has 1 saturated heterocycles. The van der Waals surface area contributed by atoms with Crippen LogP contribution in [0.1, 0.15) is 30.3 Å². The first-order chi connectivity index (χ1) is 12.9. The Kier molecular flexibility index (Phi) is 4.20. The summed E-state index contributed by atoms with van der Waals surface area (Å²) < 4.78 is 28.0. The number of hydrogen-bond acceptors (Lipinski definition) is 5. The molecule has 1 N–H and O–H groups in total. The Bertz CT molecular complexity index is 1110. The SMILES string of the molecule is Cc1ccc([N+](=O)[O-])cc1S(=O)(=O)N1CCC[C@@H]1c1nc2ccccc2[nH]1. The number of aryl methyl sites for hydroxylation is 1. The van der Waals surface area contributed by atoms with Gasteiger partial charge in [0.2, 0.25) is 10.0 Å². The number of non-ortho nitro benzene ring substituents is 1. The molecule has 4 rings (SSSR count). The highest BCUT2D eigenvalue weighted by atomic mass is 32.2. The number of imidazole rings is 1. The number of benzene rings is 2. The van der Waals surface area contributed by atoms with Crippen LogP contribution in [0, 0.1) is 17.0 Å². The maximum atomic E-state index is 13.3. The third-order valence-corrected chi connectivity index (χ3v) is 6.95. The van der Waals surface area contributed by atoms with Gasteiger partial charge in [-0.25, -0.2) is 13.4 Å². The van der Waals surface area contributed by atoms with Gasteiger partial charge in [-0.1, -0.05) is 18.2 Å². The molecule has 2 aromatic carbocycles. The van der Waals surface area contributed by atoms with E-state index in [1.54, 1.807) is 6.92 Å². The highest BCUT2D eigenvalue weighted by molar-refractivity contribution is 7.89. The quantitative estimate of drug-likeness (QED) is 0.546. The van der Waals surface area contributed by atoms with Crippen LogP contribution in [-0.2, 0) is 10.0 Å². The summed E-state index contributed by atoms with van der Waals surface area (Å²) in [5.74, 6) is 0.598. The Hall–Kier alpha value is -2.78. The van der Waals surface area contributed by atoms with Crippen molar-refractivity contribution in [3.63, 3.8) is 0 Å². The van der Waals surface area contributed by atoms with Crippen LogP contribution in [0.4, 0.5) is 5.69 Å². The third kappa shape index (κ3) is 2.98. The molecule has 9 heteroatoms. The van der Waals surface area contributed by atoms with Crippen LogP contribution >= 0.6 is 0 Å². The summed E-state index contributed by atoms with van der Waals surface area (Å²) in [6.45, 7) is 2.00. The number of nitro groups is 1. The molecule has 27 heavy (non-hydrogen) atoms. The first kappa shape index (κ1) is 17.6. The van der Waals surface area contributed by atoms with Gasteiger partial charge in [0.25, 0.3) is 5.69 Å². The number of sulfonamides is 1. The minimum Gasteiger partial charge on any atom is -0.341 e. The standard InChI is InChI=1S/C18H18N4O4S/c1-12-8-9-13(22(23)24)11-17(12)27(25,26)21-10-4-7-16(21)18-19-14-5-2-3-6-15(14)20-18/h2-3,5-6,8-9,11,16H,4,7,10H2,1H3,(H,19,20)/t16-/m1/s1. The number of hydrogen-bond donors (Lipinski definition) is 1. The van der Waals surface area contributed by atoms with Gasteiger partial charge in [-0.15, -0.1) is 0 Å². The second kappa shape index (κ2) is 6.43. The fraction of sp³-hybridized carbons (Fsp3) is 0.278. The molecule has 0 bridgehead atoms. The van der Waals surface area contributed by atoms with E-state index in [1.165, 1.54) is 16.4 Å². The molecular formula is C18H18N4O4S. The van der Waals surface area contributed by atoms with Crippen molar-refractivity contribution in [3.8, 4) is 0 Å². The van der Waals surface area contributed by atoms with Crippen molar-refractivity contribution in [2.24, 2.45) is 0 Å². The number of rotatable bonds is 4. The van der Waals surface area contributed by atoms with Crippen LogP contribution in [0.25, 0.3) is 11.0 Å². The van der Waals surface area contributed by atoms with Crippen molar-refractivity contribution in [2.75, 3.05) is 6.54 Å². The van der Waals surface area contributed by atoms with Crippen molar-refractivity contribution >= 4 is 26.7 Å². The number of H-pyrrole nitrogens is 1. The van der Waals surface area contributed by atoms with Gasteiger partial charge in [0.1, 0.15) is 5.82 Å². The van der Waals surface area contributed by atoms with Crippen LogP contribution < -0.4 is 0 Å². The van der Waals surface area contributed by atoms with Crippen molar-refractivity contribution in [1.82, 2.24) is 14.3 Å². The Balaban J connectivity index is 1.77. The van der Waals surface area contributed by atoms with Gasteiger partial charge in [0.05, 0.1) is 26.9 Å². The van der Waals surface area contributed by atoms with E-state index in [9.17, 15) is 18.5 Å². The normalized spacial score (nSPS) is 18.2. The molecule has 8 nitrogen and oxygen atoms in total. The van der Waals surface area contributed by atoms with Crippen molar-refractivity contribution in [2.45, 2.75) is 30.7 Å². The predicted molar refractivity (Wildman–Crippen MR) is 99.8 cm³/mol. The topological polar surface area (TPSA) is 109 Å². The molecule has 0 amide bonds. The molecule has 0 radical (unpaired) electrons.